The lowest BCUT2D eigenvalue weighted by atomic mass is 9.92. The Hall–Kier alpha value is -2.28. The number of carbonyl (C=O) groups is 2. The van der Waals surface area contributed by atoms with E-state index < -0.39 is 29.8 Å². The summed E-state index contributed by atoms with van der Waals surface area (Å²) >= 11 is 0. The van der Waals surface area contributed by atoms with Crippen LogP contribution in [0.15, 0.2) is 30.3 Å². The molecule has 1 fully saturated rings. The van der Waals surface area contributed by atoms with E-state index in [0.717, 1.165) is 18.6 Å². The largest absolute Gasteiger partial charge is 0.486 e. The van der Waals surface area contributed by atoms with Gasteiger partial charge in [-0.15, -0.1) is 0 Å². The van der Waals surface area contributed by atoms with E-state index >= 15 is 0 Å². The number of rotatable bonds is 4. The van der Waals surface area contributed by atoms with E-state index in [1.165, 1.54) is 0 Å². The Bertz CT molecular complexity index is 657. The van der Waals surface area contributed by atoms with Gasteiger partial charge in [0, 0.05) is 12.5 Å². The molecule has 0 aliphatic carbocycles. The Morgan fingerprint density at radius 3 is 2.55 bits per heavy atom. The second-order valence-electron chi connectivity index (χ2n) is 8.27. The van der Waals surface area contributed by atoms with Crippen molar-refractivity contribution in [1.82, 2.24) is 5.32 Å². The van der Waals surface area contributed by atoms with Crippen molar-refractivity contribution < 1.29 is 28.5 Å². The molecule has 0 unspecified atom stereocenters. The molecule has 1 saturated heterocycles. The van der Waals surface area contributed by atoms with E-state index in [-0.39, 0.29) is 18.6 Å². The third-order valence-corrected chi connectivity index (χ3v) is 4.66. The molecule has 1 aliphatic rings. The molecule has 0 spiro atoms. The van der Waals surface area contributed by atoms with Crippen molar-refractivity contribution in [3.63, 3.8) is 0 Å². The minimum absolute atomic E-state index is 0.0332. The first kappa shape index (κ1) is 23.0. The lowest BCUT2D eigenvalue weighted by Gasteiger charge is -2.33. The number of hydrogen-bond acceptors (Lipinski definition) is 6. The van der Waals surface area contributed by atoms with Gasteiger partial charge in [-0.2, -0.15) is 0 Å². The van der Waals surface area contributed by atoms with Crippen LogP contribution in [0.5, 0.6) is 5.75 Å². The van der Waals surface area contributed by atoms with E-state index in [1.807, 2.05) is 37.3 Å². The van der Waals surface area contributed by atoms with Crippen LogP contribution in [0.3, 0.4) is 0 Å². The van der Waals surface area contributed by atoms with Gasteiger partial charge in [-0.1, -0.05) is 25.1 Å². The van der Waals surface area contributed by atoms with Crippen LogP contribution >= 0.6 is 0 Å². The number of ether oxygens (including phenoxy) is 4. The Balaban J connectivity index is 2.11. The van der Waals surface area contributed by atoms with Crippen LogP contribution in [0.4, 0.5) is 4.79 Å². The average molecular weight is 408 g/mol. The molecule has 0 aromatic heterocycles. The van der Waals surface area contributed by atoms with Gasteiger partial charge in [0.2, 0.25) is 0 Å². The summed E-state index contributed by atoms with van der Waals surface area (Å²) in [6.45, 7) is 9.67. The SMILES string of the molecule is CC[C@H]1CCOC[C@H](NC(=O)OC(C)(C)C)C(=O)O[C@@H](C)[C@@H]1Oc1ccccc1. The first-order valence-electron chi connectivity index (χ1n) is 10.2. The van der Waals surface area contributed by atoms with Gasteiger partial charge >= 0.3 is 12.1 Å². The molecular weight excluding hydrogens is 374 g/mol. The van der Waals surface area contributed by atoms with Crippen molar-refractivity contribution in [2.45, 2.75) is 71.3 Å². The van der Waals surface area contributed by atoms with Crippen LogP contribution in [-0.4, -0.2) is 49.1 Å². The van der Waals surface area contributed by atoms with Crippen molar-refractivity contribution >= 4 is 12.1 Å². The summed E-state index contributed by atoms with van der Waals surface area (Å²) in [4.78, 5) is 24.8. The van der Waals surface area contributed by atoms with Crippen molar-refractivity contribution in [2.75, 3.05) is 13.2 Å². The highest BCUT2D eigenvalue weighted by molar-refractivity contribution is 5.81. The number of hydrogen-bond donors (Lipinski definition) is 1. The van der Waals surface area contributed by atoms with E-state index in [9.17, 15) is 9.59 Å². The molecule has 1 aromatic rings. The predicted molar refractivity (Wildman–Crippen MR) is 109 cm³/mol. The average Bonchev–Trinajstić information content (AvgIpc) is 2.64. The number of alkyl carbamates (subject to hydrolysis) is 1. The van der Waals surface area contributed by atoms with Gasteiger partial charge in [0.05, 0.1) is 6.61 Å². The Morgan fingerprint density at radius 2 is 1.93 bits per heavy atom. The number of esters is 1. The molecule has 0 radical (unpaired) electrons. The molecule has 29 heavy (non-hydrogen) atoms. The van der Waals surface area contributed by atoms with Gasteiger partial charge < -0.3 is 24.3 Å². The van der Waals surface area contributed by atoms with Crippen LogP contribution in [0.1, 0.15) is 47.5 Å². The molecule has 1 N–H and O–H groups in total. The zero-order chi connectivity index (χ0) is 21.4. The van der Waals surface area contributed by atoms with Crippen LogP contribution in [0, 0.1) is 5.92 Å². The van der Waals surface area contributed by atoms with E-state index in [0.29, 0.717) is 6.61 Å². The molecule has 7 heteroatoms. The topological polar surface area (TPSA) is 83.1 Å². The monoisotopic (exact) mass is 407 g/mol. The lowest BCUT2D eigenvalue weighted by molar-refractivity contribution is -0.160. The molecule has 2 rings (SSSR count). The summed E-state index contributed by atoms with van der Waals surface area (Å²) < 4.78 is 22.8. The first-order chi connectivity index (χ1) is 13.7. The molecule has 0 saturated carbocycles. The number of amides is 1. The number of carbonyl (C=O) groups excluding carboxylic acids is 2. The van der Waals surface area contributed by atoms with Gasteiger partial charge in [0.15, 0.2) is 6.04 Å². The summed E-state index contributed by atoms with van der Waals surface area (Å²) in [5, 5.41) is 2.55. The van der Waals surface area contributed by atoms with Crippen molar-refractivity contribution in [2.24, 2.45) is 5.92 Å². The van der Waals surface area contributed by atoms with E-state index in [2.05, 4.69) is 12.2 Å². The third-order valence-electron chi connectivity index (χ3n) is 4.66. The summed E-state index contributed by atoms with van der Waals surface area (Å²) in [5.74, 6) is 0.315. The van der Waals surface area contributed by atoms with Crippen molar-refractivity contribution in [1.29, 1.82) is 0 Å². The number of para-hydroxylation sites is 1. The predicted octanol–water partition coefficient (Wildman–Crippen LogP) is 3.71. The molecule has 0 bridgehead atoms. The van der Waals surface area contributed by atoms with Crippen LogP contribution in [0.25, 0.3) is 0 Å². The van der Waals surface area contributed by atoms with E-state index in [1.54, 1.807) is 20.8 Å². The second kappa shape index (κ2) is 10.5. The molecule has 1 aromatic carbocycles. The molecular formula is C22H33NO6. The maximum atomic E-state index is 12.7. The zero-order valence-corrected chi connectivity index (χ0v) is 18.0. The van der Waals surface area contributed by atoms with Crippen molar-refractivity contribution in [3.8, 4) is 5.75 Å². The minimum Gasteiger partial charge on any atom is -0.486 e. The summed E-state index contributed by atoms with van der Waals surface area (Å²) in [6, 6.07) is 8.53. The van der Waals surface area contributed by atoms with Gasteiger partial charge in [0.1, 0.15) is 23.6 Å². The standard InChI is InChI=1S/C22H33NO6/c1-6-16-12-13-26-14-18(23-21(25)29-22(3,4)5)20(24)27-15(2)19(16)28-17-10-8-7-9-11-17/h7-11,15-16,18-19H,6,12-14H2,1-5H3,(H,23,25)/t15-,16-,18-,19-/m0/s1. The van der Waals surface area contributed by atoms with Gasteiger partial charge in [-0.3, -0.25) is 0 Å². The lowest BCUT2D eigenvalue weighted by Crippen LogP contribution is -2.50. The summed E-state index contributed by atoms with van der Waals surface area (Å²) in [6.07, 6.45) is 0.123. The van der Waals surface area contributed by atoms with Crippen LogP contribution < -0.4 is 10.1 Å². The van der Waals surface area contributed by atoms with Gasteiger partial charge in [-0.25, -0.2) is 9.59 Å². The molecule has 162 valence electrons. The van der Waals surface area contributed by atoms with Gasteiger partial charge in [0.25, 0.3) is 0 Å². The Morgan fingerprint density at radius 1 is 1.24 bits per heavy atom. The van der Waals surface area contributed by atoms with Crippen LogP contribution in [-0.2, 0) is 19.0 Å². The Labute approximate surface area is 173 Å². The molecule has 1 aliphatic heterocycles. The number of benzene rings is 1. The molecule has 1 amide bonds. The molecule has 7 nitrogen and oxygen atoms in total. The summed E-state index contributed by atoms with van der Waals surface area (Å²) in [7, 11) is 0. The summed E-state index contributed by atoms with van der Waals surface area (Å²) in [5.41, 5.74) is -0.666. The fourth-order valence-electron chi connectivity index (χ4n) is 3.22. The van der Waals surface area contributed by atoms with E-state index in [4.69, 9.17) is 18.9 Å². The zero-order valence-electron chi connectivity index (χ0n) is 18.0. The third kappa shape index (κ3) is 7.57. The highest BCUT2D eigenvalue weighted by Gasteiger charge is 2.34. The maximum absolute atomic E-state index is 12.7. The maximum Gasteiger partial charge on any atom is 0.408 e. The second-order valence-corrected chi connectivity index (χ2v) is 8.27. The number of cyclic esters (lactones) is 1. The fraction of sp³-hybridized carbons (Fsp3) is 0.636. The Kier molecular flexibility index (Phi) is 8.32. The first-order valence-corrected chi connectivity index (χ1v) is 10.2. The van der Waals surface area contributed by atoms with Gasteiger partial charge in [-0.05, 0) is 52.7 Å². The van der Waals surface area contributed by atoms with Crippen LogP contribution in [0.2, 0.25) is 0 Å². The highest BCUT2D eigenvalue weighted by Crippen LogP contribution is 2.25. The number of nitrogens with one attached hydrogen (secondary N) is 1. The smallest absolute Gasteiger partial charge is 0.408 e. The molecule has 1 heterocycles. The fourth-order valence-corrected chi connectivity index (χ4v) is 3.22. The minimum atomic E-state index is -0.942. The quantitative estimate of drug-likeness (QED) is 0.766. The van der Waals surface area contributed by atoms with Crippen molar-refractivity contribution in [3.05, 3.63) is 30.3 Å². The highest BCUT2D eigenvalue weighted by atomic mass is 16.6. The normalized spacial score (nSPS) is 26.2. The molecule has 4 atom stereocenters.